The number of anilines is 1. The van der Waals surface area contributed by atoms with Crippen molar-refractivity contribution in [3.8, 4) is 11.5 Å². The first-order chi connectivity index (χ1) is 16.7. The largest absolute Gasteiger partial charge is 0.493 e. The van der Waals surface area contributed by atoms with E-state index in [4.69, 9.17) is 14.2 Å². The Bertz CT molecular complexity index is 1200. The molecule has 2 aromatic carbocycles. The molecule has 35 heavy (non-hydrogen) atoms. The molecule has 7 nitrogen and oxygen atoms in total. The summed E-state index contributed by atoms with van der Waals surface area (Å²) in [7, 11) is 2.69. The smallest absolute Gasteiger partial charge is 0.298 e. The van der Waals surface area contributed by atoms with E-state index < -0.39 is 30.0 Å². The molecule has 2 atom stereocenters. The fraction of sp³-hybridized carbons (Fsp3) is 0.440. The number of aromatic nitrogens is 2. The number of methoxy groups -OCH3 is 2. The van der Waals surface area contributed by atoms with Crippen molar-refractivity contribution in [2.45, 2.75) is 38.3 Å². The fourth-order valence-electron chi connectivity index (χ4n) is 4.11. The number of benzene rings is 2. The summed E-state index contributed by atoms with van der Waals surface area (Å²) in [6.45, 7) is 3.60. The summed E-state index contributed by atoms with van der Waals surface area (Å²) in [5, 5.41) is 3.79. The highest BCUT2D eigenvalue weighted by Gasteiger charge is 2.36. The van der Waals surface area contributed by atoms with Gasteiger partial charge < -0.3 is 24.3 Å². The second-order valence-electron chi connectivity index (χ2n) is 8.46. The van der Waals surface area contributed by atoms with Gasteiger partial charge in [-0.1, -0.05) is 12.1 Å². The van der Waals surface area contributed by atoms with Gasteiger partial charge in [-0.25, -0.2) is 14.4 Å². The minimum absolute atomic E-state index is 0.0794. The van der Waals surface area contributed by atoms with Crippen LogP contribution in [0, 0.1) is 12.7 Å². The average Bonchev–Trinajstić information content (AvgIpc) is 3.32. The van der Waals surface area contributed by atoms with E-state index >= 15 is 4.39 Å². The topological polar surface area (TPSA) is 74.7 Å². The quantitative estimate of drug-likeness (QED) is 0.443. The zero-order valence-electron chi connectivity index (χ0n) is 20.0. The lowest BCUT2D eigenvalue weighted by Gasteiger charge is -2.22. The maximum Gasteiger partial charge on any atom is 0.298 e. The number of rotatable bonds is 9. The zero-order valence-corrected chi connectivity index (χ0v) is 20.0. The molecule has 1 N–H and O–H groups in total. The molecule has 0 saturated carbocycles. The van der Waals surface area contributed by atoms with Crippen molar-refractivity contribution in [3.63, 3.8) is 0 Å². The molecule has 0 amide bonds. The van der Waals surface area contributed by atoms with E-state index in [-0.39, 0.29) is 11.7 Å². The van der Waals surface area contributed by atoms with Crippen molar-refractivity contribution >= 4 is 16.7 Å². The molecule has 188 valence electrons. The summed E-state index contributed by atoms with van der Waals surface area (Å²) >= 11 is 0. The van der Waals surface area contributed by atoms with Gasteiger partial charge >= 0.3 is 0 Å². The summed E-state index contributed by atoms with van der Waals surface area (Å²) in [6.07, 6.45) is 0.658. The number of fused-ring (bicyclic) bond motifs is 1. The molecule has 1 aromatic heterocycles. The van der Waals surface area contributed by atoms with Gasteiger partial charge in [0.05, 0.1) is 37.4 Å². The normalized spacial score (nSPS) is 16.9. The molecule has 0 aliphatic carbocycles. The fourth-order valence-corrected chi connectivity index (χ4v) is 4.11. The van der Waals surface area contributed by atoms with E-state index in [1.807, 2.05) is 0 Å². The van der Waals surface area contributed by atoms with Crippen LogP contribution in [-0.4, -0.2) is 50.1 Å². The van der Waals surface area contributed by atoms with Crippen molar-refractivity contribution < 1.29 is 32.1 Å². The Morgan fingerprint density at radius 3 is 2.69 bits per heavy atom. The number of halogens is 3. The molecule has 1 aliphatic heterocycles. The minimum Gasteiger partial charge on any atom is -0.493 e. The first-order valence-electron chi connectivity index (χ1n) is 11.3. The van der Waals surface area contributed by atoms with Gasteiger partial charge in [-0.15, -0.1) is 0 Å². The first kappa shape index (κ1) is 25.0. The van der Waals surface area contributed by atoms with Gasteiger partial charge in [-0.05, 0) is 26.0 Å². The van der Waals surface area contributed by atoms with Gasteiger partial charge in [0.1, 0.15) is 30.2 Å². The van der Waals surface area contributed by atoms with Crippen molar-refractivity contribution in [3.05, 3.63) is 53.1 Å². The summed E-state index contributed by atoms with van der Waals surface area (Å²) < 4.78 is 65.5. The van der Waals surface area contributed by atoms with Gasteiger partial charge in [0.2, 0.25) is 0 Å². The highest BCUT2D eigenvalue weighted by atomic mass is 19.3. The number of nitrogens with zero attached hydrogens (tertiary/aromatic N) is 2. The molecule has 0 bridgehead atoms. The molecule has 0 radical (unpaired) electrons. The highest BCUT2D eigenvalue weighted by Crippen LogP contribution is 2.38. The molecule has 0 unspecified atom stereocenters. The molecule has 1 aliphatic rings. The van der Waals surface area contributed by atoms with E-state index in [2.05, 4.69) is 20.0 Å². The van der Waals surface area contributed by atoms with Crippen LogP contribution in [0.4, 0.5) is 19.0 Å². The lowest BCUT2D eigenvalue weighted by molar-refractivity contribution is -0.0722. The monoisotopic (exact) mass is 491 g/mol. The maximum atomic E-state index is 15.2. The lowest BCUT2D eigenvalue weighted by atomic mass is 10.00. The van der Waals surface area contributed by atoms with Crippen LogP contribution in [0.25, 0.3) is 10.9 Å². The van der Waals surface area contributed by atoms with Crippen LogP contribution < -0.4 is 14.8 Å². The van der Waals surface area contributed by atoms with E-state index in [0.29, 0.717) is 47.3 Å². The maximum absolute atomic E-state index is 15.2. The molecule has 1 saturated heterocycles. The van der Waals surface area contributed by atoms with Crippen LogP contribution >= 0.6 is 0 Å². The Morgan fingerprint density at radius 2 is 2.00 bits per heavy atom. The third kappa shape index (κ3) is 5.28. The van der Waals surface area contributed by atoms with Crippen LogP contribution in [0.5, 0.6) is 11.5 Å². The van der Waals surface area contributed by atoms with Crippen LogP contribution in [0.1, 0.15) is 36.3 Å². The van der Waals surface area contributed by atoms with Gasteiger partial charge in [-0.2, -0.15) is 8.78 Å². The van der Waals surface area contributed by atoms with Crippen LogP contribution in [0.15, 0.2) is 30.3 Å². The summed E-state index contributed by atoms with van der Waals surface area (Å²) in [5.41, 5.74) is -0.0378. The Hall–Kier alpha value is -3.11. The van der Waals surface area contributed by atoms with Gasteiger partial charge in [0.15, 0.2) is 11.5 Å². The molecule has 10 heteroatoms. The standard InChI is InChI=1S/C25H28F3N3O4/c1-14(17-6-5-7-19(23(17)26)25(27,28)13-32-3)29-24-18-10-22(35-16-8-9-34-12-16)21(33-4)11-20(18)30-15(2)31-24/h5-7,10-11,14,16H,8-9,12-13H2,1-4H3,(H,29,30,31)/t14-,16+/m1/s1. The highest BCUT2D eigenvalue weighted by molar-refractivity contribution is 5.92. The number of hydrogen-bond acceptors (Lipinski definition) is 7. The third-order valence-electron chi connectivity index (χ3n) is 5.84. The van der Waals surface area contributed by atoms with Crippen molar-refractivity contribution in [2.24, 2.45) is 0 Å². The number of hydrogen-bond donors (Lipinski definition) is 1. The van der Waals surface area contributed by atoms with Crippen molar-refractivity contribution in [1.29, 1.82) is 0 Å². The van der Waals surface area contributed by atoms with Crippen LogP contribution in [0.3, 0.4) is 0 Å². The van der Waals surface area contributed by atoms with Crippen molar-refractivity contribution in [2.75, 3.05) is 39.4 Å². The summed E-state index contributed by atoms with van der Waals surface area (Å²) in [4.78, 5) is 8.98. The molecule has 0 spiro atoms. The Labute approximate surface area is 201 Å². The predicted molar refractivity (Wildman–Crippen MR) is 125 cm³/mol. The molecular weight excluding hydrogens is 463 g/mol. The zero-order chi connectivity index (χ0) is 25.2. The number of nitrogens with one attached hydrogen (secondary N) is 1. The molecule has 2 heterocycles. The lowest BCUT2D eigenvalue weighted by Crippen LogP contribution is -2.23. The molecular formula is C25H28F3N3O4. The van der Waals surface area contributed by atoms with Gasteiger partial charge in [0.25, 0.3) is 5.92 Å². The summed E-state index contributed by atoms with van der Waals surface area (Å²) in [6, 6.07) is 6.77. The number of ether oxygens (including phenoxy) is 4. The summed E-state index contributed by atoms with van der Waals surface area (Å²) in [5.74, 6) is -2.53. The number of aryl methyl sites for hydroxylation is 1. The van der Waals surface area contributed by atoms with Gasteiger partial charge in [0, 0.05) is 30.5 Å². The Balaban J connectivity index is 1.70. The van der Waals surface area contributed by atoms with E-state index in [1.165, 1.54) is 12.1 Å². The van der Waals surface area contributed by atoms with Crippen molar-refractivity contribution in [1.82, 2.24) is 9.97 Å². The second kappa shape index (κ2) is 10.2. The predicted octanol–water partition coefficient (Wildman–Crippen LogP) is 5.16. The SMILES string of the molecule is COCC(F)(F)c1cccc([C@@H](C)Nc2nc(C)nc3cc(OC)c(O[C@H]4CCOC4)cc23)c1F. The second-order valence-corrected chi connectivity index (χ2v) is 8.46. The average molecular weight is 492 g/mol. The minimum atomic E-state index is -3.46. The van der Waals surface area contributed by atoms with Crippen LogP contribution in [0.2, 0.25) is 0 Å². The van der Waals surface area contributed by atoms with Crippen LogP contribution in [-0.2, 0) is 15.4 Å². The Morgan fingerprint density at radius 1 is 1.20 bits per heavy atom. The third-order valence-corrected chi connectivity index (χ3v) is 5.84. The molecule has 1 fully saturated rings. The molecule has 4 rings (SSSR count). The van der Waals surface area contributed by atoms with E-state index in [0.717, 1.165) is 19.6 Å². The Kier molecular flexibility index (Phi) is 7.32. The van der Waals surface area contributed by atoms with Gasteiger partial charge in [-0.3, -0.25) is 0 Å². The molecule has 3 aromatic rings. The first-order valence-corrected chi connectivity index (χ1v) is 11.3. The number of alkyl halides is 2. The van der Waals surface area contributed by atoms with E-state index in [1.54, 1.807) is 33.1 Å². The van der Waals surface area contributed by atoms with E-state index in [9.17, 15) is 8.78 Å².